The summed E-state index contributed by atoms with van der Waals surface area (Å²) in [6.45, 7) is 1.35. The van der Waals surface area contributed by atoms with Crippen LogP contribution >= 0.6 is 24.8 Å². The summed E-state index contributed by atoms with van der Waals surface area (Å²) in [6, 6.07) is 0. The molecule has 0 aliphatic carbocycles. The molecule has 1 rings (SSSR count). The van der Waals surface area contributed by atoms with Crippen LogP contribution in [0.4, 0.5) is 13.2 Å². The molecule has 1 amide bonds. The third-order valence-corrected chi connectivity index (χ3v) is 2.93. The smallest absolute Gasteiger partial charge is 0.341 e. The molecular formula is C11H22Cl2F3N3O. The van der Waals surface area contributed by atoms with Crippen molar-refractivity contribution in [2.24, 2.45) is 0 Å². The SMILES string of the molecule is CNCCC(=O)N1CCCN(CC(F)(F)F)CC1.Cl.Cl. The van der Waals surface area contributed by atoms with Crippen molar-refractivity contribution in [1.82, 2.24) is 15.1 Å². The number of hydrogen-bond donors (Lipinski definition) is 1. The molecule has 1 saturated heterocycles. The number of halogens is 5. The Labute approximate surface area is 129 Å². The van der Waals surface area contributed by atoms with E-state index in [1.165, 1.54) is 4.90 Å². The van der Waals surface area contributed by atoms with Crippen molar-refractivity contribution in [1.29, 1.82) is 0 Å². The Kier molecular flexibility index (Phi) is 11.6. The molecular weight excluding hydrogens is 318 g/mol. The molecule has 1 aliphatic heterocycles. The van der Waals surface area contributed by atoms with Gasteiger partial charge in [-0.1, -0.05) is 0 Å². The van der Waals surface area contributed by atoms with E-state index in [4.69, 9.17) is 0 Å². The first-order valence-electron chi connectivity index (χ1n) is 6.14. The summed E-state index contributed by atoms with van der Waals surface area (Å²) in [7, 11) is 1.76. The zero-order valence-corrected chi connectivity index (χ0v) is 13.0. The van der Waals surface area contributed by atoms with Gasteiger partial charge in [0, 0.05) is 39.1 Å². The van der Waals surface area contributed by atoms with Crippen LogP contribution in [0.2, 0.25) is 0 Å². The van der Waals surface area contributed by atoms with E-state index in [0.717, 1.165) is 0 Å². The minimum atomic E-state index is -4.16. The highest BCUT2D eigenvalue weighted by molar-refractivity contribution is 5.85. The predicted molar refractivity (Wildman–Crippen MR) is 76.7 cm³/mol. The lowest BCUT2D eigenvalue weighted by Crippen LogP contribution is -2.39. The van der Waals surface area contributed by atoms with Gasteiger partial charge in [0.1, 0.15) is 0 Å². The second-order valence-electron chi connectivity index (χ2n) is 4.48. The molecule has 0 aromatic rings. The first kappa shape index (κ1) is 22.0. The normalized spacial score (nSPS) is 16.9. The van der Waals surface area contributed by atoms with Gasteiger partial charge < -0.3 is 10.2 Å². The summed E-state index contributed by atoms with van der Waals surface area (Å²) in [6.07, 6.45) is -3.16. The molecule has 0 spiro atoms. The minimum Gasteiger partial charge on any atom is -0.341 e. The second kappa shape index (κ2) is 10.5. The molecule has 1 fully saturated rings. The molecule has 1 N–H and O–H groups in total. The predicted octanol–water partition coefficient (Wildman–Crippen LogP) is 1.54. The summed E-state index contributed by atoms with van der Waals surface area (Å²) < 4.78 is 36.8. The van der Waals surface area contributed by atoms with Gasteiger partial charge in [-0.3, -0.25) is 9.69 Å². The molecule has 0 radical (unpaired) electrons. The van der Waals surface area contributed by atoms with Crippen molar-refractivity contribution < 1.29 is 18.0 Å². The molecule has 0 unspecified atom stereocenters. The lowest BCUT2D eigenvalue weighted by atomic mass is 10.3. The summed E-state index contributed by atoms with van der Waals surface area (Å²) in [5, 5.41) is 2.89. The van der Waals surface area contributed by atoms with Crippen LogP contribution in [-0.2, 0) is 4.79 Å². The highest BCUT2D eigenvalue weighted by Gasteiger charge is 2.31. The topological polar surface area (TPSA) is 35.6 Å². The van der Waals surface area contributed by atoms with E-state index in [0.29, 0.717) is 45.6 Å². The number of hydrogen-bond acceptors (Lipinski definition) is 3. The third-order valence-electron chi connectivity index (χ3n) is 2.93. The lowest BCUT2D eigenvalue weighted by molar-refractivity contribution is -0.145. The largest absolute Gasteiger partial charge is 0.401 e. The van der Waals surface area contributed by atoms with Crippen LogP contribution in [0, 0.1) is 0 Å². The van der Waals surface area contributed by atoms with E-state index < -0.39 is 12.7 Å². The Balaban J connectivity index is 0. The van der Waals surface area contributed by atoms with Crippen LogP contribution in [0.25, 0.3) is 0 Å². The Morgan fingerprint density at radius 1 is 1.15 bits per heavy atom. The molecule has 0 saturated carbocycles. The van der Waals surface area contributed by atoms with E-state index in [2.05, 4.69) is 5.32 Å². The van der Waals surface area contributed by atoms with E-state index in [1.54, 1.807) is 11.9 Å². The number of carbonyl (C=O) groups excluding carboxylic acids is 1. The fourth-order valence-electron chi connectivity index (χ4n) is 2.02. The van der Waals surface area contributed by atoms with Gasteiger partial charge >= 0.3 is 6.18 Å². The van der Waals surface area contributed by atoms with E-state index in [9.17, 15) is 18.0 Å². The van der Waals surface area contributed by atoms with Crippen molar-refractivity contribution in [3.8, 4) is 0 Å². The zero-order chi connectivity index (χ0) is 13.6. The quantitative estimate of drug-likeness (QED) is 0.843. The molecule has 0 aromatic carbocycles. The van der Waals surface area contributed by atoms with E-state index >= 15 is 0 Å². The molecule has 1 aliphatic rings. The molecule has 122 valence electrons. The maximum atomic E-state index is 12.3. The fraction of sp³-hybridized carbons (Fsp3) is 0.909. The number of nitrogens with one attached hydrogen (secondary N) is 1. The van der Waals surface area contributed by atoms with Gasteiger partial charge in [-0.05, 0) is 13.5 Å². The van der Waals surface area contributed by atoms with Gasteiger partial charge in [-0.25, -0.2) is 0 Å². The van der Waals surface area contributed by atoms with Crippen molar-refractivity contribution in [3.05, 3.63) is 0 Å². The van der Waals surface area contributed by atoms with Crippen LogP contribution < -0.4 is 5.32 Å². The molecule has 20 heavy (non-hydrogen) atoms. The number of rotatable bonds is 4. The van der Waals surface area contributed by atoms with Crippen LogP contribution in [0.1, 0.15) is 12.8 Å². The fourth-order valence-corrected chi connectivity index (χ4v) is 2.02. The Morgan fingerprint density at radius 3 is 2.35 bits per heavy atom. The second-order valence-corrected chi connectivity index (χ2v) is 4.48. The lowest BCUT2D eigenvalue weighted by Gasteiger charge is -2.22. The monoisotopic (exact) mass is 339 g/mol. The number of nitrogens with zero attached hydrogens (tertiary/aromatic N) is 2. The van der Waals surface area contributed by atoms with Crippen LogP contribution in [-0.4, -0.2) is 68.2 Å². The summed E-state index contributed by atoms with van der Waals surface area (Å²) in [5.41, 5.74) is 0. The Morgan fingerprint density at radius 2 is 1.80 bits per heavy atom. The van der Waals surface area contributed by atoms with Crippen molar-refractivity contribution >= 4 is 30.7 Å². The minimum absolute atomic E-state index is 0. The van der Waals surface area contributed by atoms with Crippen LogP contribution in [0.3, 0.4) is 0 Å². The Hall–Kier alpha value is -0.240. The van der Waals surface area contributed by atoms with Gasteiger partial charge in [0.05, 0.1) is 6.54 Å². The molecule has 0 aromatic heterocycles. The number of carbonyl (C=O) groups is 1. The summed E-state index contributed by atoms with van der Waals surface area (Å²) >= 11 is 0. The van der Waals surface area contributed by atoms with Crippen molar-refractivity contribution in [2.75, 3.05) is 46.3 Å². The van der Waals surface area contributed by atoms with Gasteiger partial charge in [0.25, 0.3) is 0 Å². The first-order valence-corrected chi connectivity index (χ1v) is 6.14. The highest BCUT2D eigenvalue weighted by atomic mass is 35.5. The third kappa shape index (κ3) is 8.84. The maximum Gasteiger partial charge on any atom is 0.401 e. The van der Waals surface area contributed by atoms with E-state index in [-0.39, 0.29) is 30.7 Å². The summed E-state index contributed by atoms with van der Waals surface area (Å²) in [4.78, 5) is 14.8. The van der Waals surface area contributed by atoms with Gasteiger partial charge in [0.15, 0.2) is 0 Å². The molecule has 1 heterocycles. The maximum absolute atomic E-state index is 12.3. The molecule has 0 bridgehead atoms. The standard InChI is InChI=1S/C11H20F3N3O.2ClH/c1-15-4-3-10(18)17-6-2-5-16(7-8-17)9-11(12,13)14;;/h15H,2-9H2,1H3;2*1H. The first-order chi connectivity index (χ1) is 8.42. The molecule has 9 heteroatoms. The number of amides is 1. The zero-order valence-electron chi connectivity index (χ0n) is 11.4. The molecule has 0 atom stereocenters. The number of alkyl halides is 3. The van der Waals surface area contributed by atoms with Gasteiger partial charge in [-0.2, -0.15) is 13.2 Å². The van der Waals surface area contributed by atoms with E-state index in [1.807, 2.05) is 0 Å². The Bertz CT molecular complexity index is 280. The van der Waals surface area contributed by atoms with Gasteiger partial charge in [-0.15, -0.1) is 24.8 Å². The average molecular weight is 340 g/mol. The highest BCUT2D eigenvalue weighted by Crippen LogP contribution is 2.17. The van der Waals surface area contributed by atoms with Gasteiger partial charge in [0.2, 0.25) is 5.91 Å². The van der Waals surface area contributed by atoms with Crippen molar-refractivity contribution in [3.63, 3.8) is 0 Å². The summed E-state index contributed by atoms with van der Waals surface area (Å²) in [5.74, 6) is 0.0122. The van der Waals surface area contributed by atoms with Crippen LogP contribution in [0.15, 0.2) is 0 Å². The van der Waals surface area contributed by atoms with Crippen molar-refractivity contribution in [2.45, 2.75) is 19.0 Å². The molecule has 4 nitrogen and oxygen atoms in total. The average Bonchev–Trinajstić information content (AvgIpc) is 2.49. The van der Waals surface area contributed by atoms with Crippen LogP contribution in [0.5, 0.6) is 0 Å².